The Bertz CT molecular complexity index is 1110. The Morgan fingerprint density at radius 2 is 1.64 bits per heavy atom. The second kappa shape index (κ2) is 11.4. The molecule has 2 aliphatic heterocycles. The molecular weight excluding hydrogens is 450 g/mol. The molecule has 0 radical (unpaired) electrons. The lowest BCUT2D eigenvalue weighted by Gasteiger charge is -2.45. The van der Waals surface area contributed by atoms with Crippen LogP contribution in [0, 0.1) is 0 Å². The fourth-order valence-corrected chi connectivity index (χ4v) is 4.97. The van der Waals surface area contributed by atoms with Gasteiger partial charge in [-0.05, 0) is 63.1 Å². The minimum absolute atomic E-state index is 0.0946. The van der Waals surface area contributed by atoms with Gasteiger partial charge in [0.05, 0.1) is 7.11 Å². The Balaban J connectivity index is 0.000000543. The Kier molecular flexibility index (Phi) is 8.22. The molecule has 2 aliphatic rings. The normalized spacial score (nSPS) is 22.6. The first-order chi connectivity index (χ1) is 17.3. The van der Waals surface area contributed by atoms with Gasteiger partial charge in [-0.25, -0.2) is 0 Å². The van der Waals surface area contributed by atoms with Crippen LogP contribution in [0.15, 0.2) is 72.8 Å². The highest BCUT2D eigenvalue weighted by Gasteiger charge is 2.45. The summed E-state index contributed by atoms with van der Waals surface area (Å²) in [7, 11) is 1.67. The van der Waals surface area contributed by atoms with E-state index in [1.165, 1.54) is 24.1 Å². The van der Waals surface area contributed by atoms with Crippen molar-refractivity contribution in [2.45, 2.75) is 70.3 Å². The zero-order chi connectivity index (χ0) is 25.7. The topological polar surface area (TPSA) is 60.0 Å². The van der Waals surface area contributed by atoms with E-state index in [4.69, 9.17) is 14.2 Å². The van der Waals surface area contributed by atoms with Gasteiger partial charge in [-0.15, -0.1) is 0 Å². The number of nitrogens with one attached hydrogen (secondary N) is 1. The summed E-state index contributed by atoms with van der Waals surface area (Å²) >= 11 is 0. The summed E-state index contributed by atoms with van der Waals surface area (Å²) in [6.07, 6.45) is 1.12. The number of fused-ring (bicyclic) bond motifs is 1. The summed E-state index contributed by atoms with van der Waals surface area (Å²) in [5.41, 5.74) is 3.12. The Labute approximate surface area is 215 Å². The summed E-state index contributed by atoms with van der Waals surface area (Å²) in [6, 6.07) is 25.5. The third-order valence-electron chi connectivity index (χ3n) is 7.10. The van der Waals surface area contributed by atoms with Crippen LogP contribution in [0.25, 0.3) is 0 Å². The van der Waals surface area contributed by atoms with Crippen molar-refractivity contribution in [2.75, 3.05) is 13.7 Å². The van der Waals surface area contributed by atoms with E-state index >= 15 is 0 Å². The van der Waals surface area contributed by atoms with Crippen molar-refractivity contribution in [3.8, 4) is 17.2 Å². The SMILES string of the molecule is CC1CCN1.CCC(O)Oc1ccc([C@@H]2c3ccc(OC)cc3OC(C)(C)[C@H]2c2ccccc2)cc1. The smallest absolute Gasteiger partial charge is 0.197 e. The van der Waals surface area contributed by atoms with Crippen molar-refractivity contribution < 1.29 is 19.3 Å². The number of benzene rings is 3. The third-order valence-corrected chi connectivity index (χ3v) is 7.10. The highest BCUT2D eigenvalue weighted by atomic mass is 16.6. The minimum atomic E-state index is -0.793. The van der Waals surface area contributed by atoms with E-state index in [1.54, 1.807) is 7.11 Å². The van der Waals surface area contributed by atoms with Gasteiger partial charge in [0.25, 0.3) is 0 Å². The summed E-state index contributed by atoms with van der Waals surface area (Å²) < 4.78 is 17.5. The van der Waals surface area contributed by atoms with Crippen LogP contribution in [-0.4, -0.2) is 36.7 Å². The maximum absolute atomic E-state index is 9.82. The zero-order valence-electron chi connectivity index (χ0n) is 22.0. The molecule has 0 amide bonds. The Hall–Kier alpha value is -3.02. The predicted octanol–water partition coefficient (Wildman–Crippen LogP) is 6.26. The van der Waals surface area contributed by atoms with Gasteiger partial charge in [-0.3, -0.25) is 0 Å². The van der Waals surface area contributed by atoms with E-state index in [0.29, 0.717) is 12.2 Å². The number of ether oxygens (including phenoxy) is 3. The molecule has 4 atom stereocenters. The standard InChI is InChI=1S/C27H30O4.C4H9N/c1-5-24(28)30-20-13-11-18(12-14-20)25-22-16-15-21(29-4)17-23(22)31-27(2,3)26(25)19-9-7-6-8-10-19;1-4-2-3-5-4/h6-17,24-26,28H,5H2,1-4H3;4-5H,2-3H2,1H3/t24?,25-,26+;/m1./s1. The van der Waals surface area contributed by atoms with Crippen LogP contribution in [0.3, 0.4) is 0 Å². The number of rotatable bonds is 6. The highest BCUT2D eigenvalue weighted by molar-refractivity contribution is 5.52. The van der Waals surface area contributed by atoms with E-state index in [1.807, 2.05) is 37.3 Å². The average molecular weight is 490 g/mol. The van der Waals surface area contributed by atoms with Crippen molar-refractivity contribution in [1.82, 2.24) is 5.32 Å². The van der Waals surface area contributed by atoms with E-state index < -0.39 is 11.9 Å². The van der Waals surface area contributed by atoms with Crippen molar-refractivity contribution >= 4 is 0 Å². The molecule has 5 heteroatoms. The van der Waals surface area contributed by atoms with Gasteiger partial charge in [-0.2, -0.15) is 0 Å². The van der Waals surface area contributed by atoms with Crippen LogP contribution < -0.4 is 19.5 Å². The van der Waals surface area contributed by atoms with Gasteiger partial charge in [-0.1, -0.05) is 55.5 Å². The molecule has 36 heavy (non-hydrogen) atoms. The van der Waals surface area contributed by atoms with Gasteiger partial charge in [0.2, 0.25) is 0 Å². The maximum Gasteiger partial charge on any atom is 0.197 e. The van der Waals surface area contributed by atoms with E-state index in [2.05, 4.69) is 68.6 Å². The molecule has 0 bridgehead atoms. The first kappa shape index (κ1) is 26.1. The number of aliphatic hydroxyl groups is 1. The largest absolute Gasteiger partial charge is 0.497 e. The van der Waals surface area contributed by atoms with Crippen LogP contribution in [0.5, 0.6) is 17.2 Å². The number of methoxy groups -OCH3 is 1. The summed E-state index contributed by atoms with van der Waals surface area (Å²) in [5, 5.41) is 13.0. The number of aliphatic hydroxyl groups excluding tert-OH is 1. The van der Waals surface area contributed by atoms with Crippen LogP contribution in [0.2, 0.25) is 0 Å². The van der Waals surface area contributed by atoms with Crippen molar-refractivity contribution in [1.29, 1.82) is 0 Å². The van der Waals surface area contributed by atoms with Gasteiger partial charge < -0.3 is 24.6 Å². The summed E-state index contributed by atoms with van der Waals surface area (Å²) in [4.78, 5) is 0. The molecule has 1 saturated heterocycles. The molecule has 2 heterocycles. The third kappa shape index (κ3) is 5.85. The molecule has 0 aromatic heterocycles. The lowest BCUT2D eigenvalue weighted by atomic mass is 9.68. The summed E-state index contributed by atoms with van der Waals surface area (Å²) in [6.45, 7) is 9.62. The fourth-order valence-electron chi connectivity index (χ4n) is 4.97. The number of hydrogen-bond donors (Lipinski definition) is 2. The fraction of sp³-hybridized carbons (Fsp3) is 0.419. The monoisotopic (exact) mass is 489 g/mol. The van der Waals surface area contributed by atoms with Gasteiger partial charge in [0.1, 0.15) is 22.8 Å². The first-order valence-electron chi connectivity index (χ1n) is 12.9. The molecule has 5 rings (SSSR count). The molecule has 2 N–H and O–H groups in total. The van der Waals surface area contributed by atoms with Crippen LogP contribution in [0.1, 0.15) is 69.1 Å². The zero-order valence-corrected chi connectivity index (χ0v) is 22.0. The second-order valence-corrected chi connectivity index (χ2v) is 10.2. The van der Waals surface area contributed by atoms with Crippen LogP contribution in [-0.2, 0) is 0 Å². The Morgan fingerprint density at radius 1 is 1.00 bits per heavy atom. The van der Waals surface area contributed by atoms with Gasteiger partial charge in [0.15, 0.2) is 6.29 Å². The number of hydrogen-bond acceptors (Lipinski definition) is 5. The molecule has 5 nitrogen and oxygen atoms in total. The van der Waals surface area contributed by atoms with Crippen molar-refractivity contribution in [3.05, 3.63) is 89.5 Å². The van der Waals surface area contributed by atoms with Crippen molar-refractivity contribution in [3.63, 3.8) is 0 Å². The van der Waals surface area contributed by atoms with Crippen LogP contribution in [0.4, 0.5) is 0 Å². The van der Waals surface area contributed by atoms with Gasteiger partial charge in [0, 0.05) is 35.9 Å². The lowest BCUT2D eigenvalue weighted by molar-refractivity contribution is -0.0191. The molecule has 3 aromatic carbocycles. The van der Waals surface area contributed by atoms with E-state index in [0.717, 1.165) is 23.1 Å². The minimum Gasteiger partial charge on any atom is -0.497 e. The quantitative estimate of drug-likeness (QED) is 0.400. The predicted molar refractivity (Wildman–Crippen MR) is 144 cm³/mol. The first-order valence-corrected chi connectivity index (χ1v) is 12.9. The van der Waals surface area contributed by atoms with Crippen molar-refractivity contribution in [2.24, 2.45) is 0 Å². The average Bonchev–Trinajstić information content (AvgIpc) is 2.87. The Morgan fingerprint density at radius 3 is 2.19 bits per heavy atom. The molecular formula is C31H39NO4. The molecule has 2 unspecified atom stereocenters. The second-order valence-electron chi connectivity index (χ2n) is 10.2. The molecule has 1 fully saturated rings. The molecule has 0 aliphatic carbocycles. The van der Waals surface area contributed by atoms with E-state index in [-0.39, 0.29) is 11.8 Å². The van der Waals surface area contributed by atoms with Crippen LogP contribution >= 0.6 is 0 Å². The highest BCUT2D eigenvalue weighted by Crippen LogP contribution is 2.53. The lowest BCUT2D eigenvalue weighted by Crippen LogP contribution is -2.43. The molecule has 0 saturated carbocycles. The maximum atomic E-state index is 9.82. The molecule has 3 aromatic rings. The van der Waals surface area contributed by atoms with E-state index in [9.17, 15) is 5.11 Å². The molecule has 192 valence electrons. The summed E-state index contributed by atoms with van der Waals surface area (Å²) in [5.74, 6) is 2.50. The molecule has 0 spiro atoms. The van der Waals surface area contributed by atoms with Gasteiger partial charge >= 0.3 is 0 Å².